The van der Waals surface area contributed by atoms with Crippen molar-refractivity contribution in [1.82, 2.24) is 9.88 Å². The van der Waals surface area contributed by atoms with Gasteiger partial charge in [-0.15, -0.1) is 0 Å². The highest BCUT2D eigenvalue weighted by Gasteiger charge is 2.23. The van der Waals surface area contributed by atoms with Crippen LogP contribution in [0, 0.1) is 13.8 Å². The zero-order chi connectivity index (χ0) is 33.5. The minimum Gasteiger partial charge on any atom is -0.404 e. The van der Waals surface area contributed by atoms with Crippen LogP contribution >= 0.6 is 0 Å². The Kier molecular flexibility index (Phi) is 10.1. The summed E-state index contributed by atoms with van der Waals surface area (Å²) in [5.74, 6) is 0. The van der Waals surface area contributed by atoms with Crippen molar-refractivity contribution >= 4 is 28.6 Å². The van der Waals surface area contributed by atoms with Gasteiger partial charge in [0, 0.05) is 28.5 Å². The van der Waals surface area contributed by atoms with Gasteiger partial charge in [-0.2, -0.15) is 0 Å². The second-order valence-corrected chi connectivity index (χ2v) is 11.5. The Morgan fingerprint density at radius 3 is 2.45 bits per heavy atom. The number of nitrogens with two attached hydrogens (primary N) is 2. The normalized spacial score (nSPS) is 15.8. The fourth-order valence-corrected chi connectivity index (χ4v) is 6.14. The minimum atomic E-state index is -0.0880. The van der Waals surface area contributed by atoms with Gasteiger partial charge in [0.2, 0.25) is 0 Å². The van der Waals surface area contributed by atoms with E-state index >= 15 is 0 Å². The average molecular weight is 617 g/mol. The van der Waals surface area contributed by atoms with E-state index in [1.54, 1.807) is 6.20 Å². The highest BCUT2D eigenvalue weighted by atomic mass is 15.0. The molecule has 5 N–H and O–H groups in total. The summed E-state index contributed by atoms with van der Waals surface area (Å²) in [7, 11) is 0. The number of hydrogen-bond acceptors (Lipinski definition) is 3. The molecular weight excluding hydrogens is 573 g/mol. The summed E-state index contributed by atoms with van der Waals surface area (Å²) >= 11 is 0. The molecule has 0 spiro atoms. The van der Waals surface area contributed by atoms with Crippen molar-refractivity contribution in [3.63, 3.8) is 0 Å². The molecule has 47 heavy (non-hydrogen) atoms. The van der Waals surface area contributed by atoms with E-state index in [0.29, 0.717) is 0 Å². The molecule has 5 rings (SSSR count). The van der Waals surface area contributed by atoms with Crippen molar-refractivity contribution in [2.45, 2.75) is 33.7 Å². The molecule has 4 heteroatoms. The monoisotopic (exact) mass is 616 g/mol. The predicted molar refractivity (Wildman–Crippen MR) is 205 cm³/mol. The molecule has 0 fully saturated rings. The van der Waals surface area contributed by atoms with Crippen molar-refractivity contribution in [1.29, 1.82) is 0 Å². The Hall–Kier alpha value is -5.74. The lowest BCUT2D eigenvalue weighted by atomic mass is 9.96. The van der Waals surface area contributed by atoms with Crippen LogP contribution in [-0.2, 0) is 0 Å². The van der Waals surface area contributed by atoms with Gasteiger partial charge in [0.1, 0.15) is 0 Å². The molecule has 2 heterocycles. The van der Waals surface area contributed by atoms with E-state index in [-0.39, 0.29) is 6.04 Å². The Morgan fingerprint density at radius 2 is 1.72 bits per heavy atom. The lowest BCUT2D eigenvalue weighted by molar-refractivity contribution is 0.792. The molecule has 0 amide bonds. The van der Waals surface area contributed by atoms with Crippen LogP contribution in [0.3, 0.4) is 0 Å². The lowest BCUT2D eigenvalue weighted by Crippen LogP contribution is -2.32. The summed E-state index contributed by atoms with van der Waals surface area (Å²) in [4.78, 5) is 0. The third-order valence-corrected chi connectivity index (χ3v) is 8.70. The second-order valence-electron chi connectivity index (χ2n) is 11.5. The summed E-state index contributed by atoms with van der Waals surface area (Å²) < 4.78 is 2.38. The maximum Gasteiger partial charge on any atom is 0.0845 e. The molecule has 1 atom stereocenters. The van der Waals surface area contributed by atoms with E-state index in [2.05, 4.69) is 122 Å². The van der Waals surface area contributed by atoms with E-state index in [4.69, 9.17) is 11.5 Å². The molecule has 0 radical (unpaired) electrons. The first kappa shape index (κ1) is 32.6. The Bertz CT molecular complexity index is 2050. The minimum absolute atomic E-state index is 0.0880. The Balaban J connectivity index is 1.75. The maximum atomic E-state index is 6.39. The Morgan fingerprint density at radius 1 is 0.936 bits per heavy atom. The van der Waals surface area contributed by atoms with Gasteiger partial charge in [-0.3, -0.25) is 0 Å². The van der Waals surface area contributed by atoms with E-state index in [9.17, 15) is 0 Å². The van der Waals surface area contributed by atoms with E-state index < -0.39 is 0 Å². The molecule has 3 aromatic carbocycles. The molecule has 1 unspecified atom stereocenters. The van der Waals surface area contributed by atoms with Crippen LogP contribution in [0.2, 0.25) is 0 Å². The van der Waals surface area contributed by atoms with Gasteiger partial charge in [-0.25, -0.2) is 0 Å². The smallest absolute Gasteiger partial charge is 0.0845 e. The van der Waals surface area contributed by atoms with Gasteiger partial charge in [-0.05, 0) is 96.8 Å². The average Bonchev–Trinajstić information content (AvgIpc) is 3.35. The molecule has 1 aliphatic rings. The van der Waals surface area contributed by atoms with Crippen LogP contribution in [0.5, 0.6) is 0 Å². The molecule has 1 aromatic heterocycles. The Labute approximate surface area is 279 Å². The topological polar surface area (TPSA) is 69.0 Å². The van der Waals surface area contributed by atoms with Crippen molar-refractivity contribution < 1.29 is 0 Å². The summed E-state index contributed by atoms with van der Waals surface area (Å²) in [5, 5.41) is 5.94. The van der Waals surface area contributed by atoms with Gasteiger partial charge in [-0.1, -0.05) is 110 Å². The fourth-order valence-electron chi connectivity index (χ4n) is 6.14. The van der Waals surface area contributed by atoms with Crippen molar-refractivity contribution in [2.24, 2.45) is 11.5 Å². The molecule has 0 saturated carbocycles. The number of benzene rings is 3. The summed E-state index contributed by atoms with van der Waals surface area (Å²) in [6.45, 7) is 16.7. The first-order valence-electron chi connectivity index (χ1n) is 16.0. The van der Waals surface area contributed by atoms with Crippen molar-refractivity contribution in [3.05, 3.63) is 179 Å². The summed E-state index contributed by atoms with van der Waals surface area (Å²) in [6.07, 6.45) is 23.7. The number of hydrogen-bond donors (Lipinski definition) is 3. The van der Waals surface area contributed by atoms with E-state index in [0.717, 1.165) is 56.3 Å². The second kappa shape index (κ2) is 14.6. The molecule has 236 valence electrons. The number of allylic oxidation sites excluding steroid dienone is 10. The number of nitrogens with zero attached hydrogens (tertiary/aromatic N) is 1. The quantitative estimate of drug-likeness (QED) is 0.155. The maximum absolute atomic E-state index is 6.39. The van der Waals surface area contributed by atoms with Crippen LogP contribution in [0.15, 0.2) is 152 Å². The largest absolute Gasteiger partial charge is 0.404 e. The number of aromatic nitrogens is 1. The van der Waals surface area contributed by atoms with Crippen molar-refractivity contribution in [2.75, 3.05) is 0 Å². The van der Waals surface area contributed by atoms with Gasteiger partial charge >= 0.3 is 0 Å². The summed E-state index contributed by atoms with van der Waals surface area (Å²) in [5.41, 5.74) is 24.9. The van der Waals surface area contributed by atoms with Crippen LogP contribution in [-0.4, -0.2) is 10.6 Å². The van der Waals surface area contributed by atoms with Crippen molar-refractivity contribution in [3.8, 4) is 16.9 Å². The van der Waals surface area contributed by atoms with Gasteiger partial charge in [0.05, 0.1) is 23.1 Å². The zero-order valence-electron chi connectivity index (χ0n) is 27.8. The van der Waals surface area contributed by atoms with Crippen LogP contribution in [0.4, 0.5) is 0 Å². The highest BCUT2D eigenvalue weighted by Crippen LogP contribution is 2.40. The number of dihydropyridines is 1. The number of fused-ring (bicyclic) bond motifs is 1. The van der Waals surface area contributed by atoms with Gasteiger partial charge in [0.25, 0.3) is 0 Å². The van der Waals surface area contributed by atoms with E-state index in [1.807, 2.05) is 56.4 Å². The first-order valence-corrected chi connectivity index (χ1v) is 16.0. The van der Waals surface area contributed by atoms with Crippen LogP contribution < -0.4 is 16.8 Å². The highest BCUT2D eigenvalue weighted by molar-refractivity contribution is 5.93. The molecule has 4 nitrogen and oxygen atoms in total. The molecule has 0 aliphatic carbocycles. The zero-order valence-corrected chi connectivity index (χ0v) is 27.8. The summed E-state index contributed by atoms with van der Waals surface area (Å²) in [6, 6.07) is 21.5. The van der Waals surface area contributed by atoms with Gasteiger partial charge in [0.15, 0.2) is 0 Å². The third-order valence-electron chi connectivity index (χ3n) is 8.70. The van der Waals surface area contributed by atoms with Gasteiger partial charge < -0.3 is 21.4 Å². The molecular formula is C43H44N4. The lowest BCUT2D eigenvalue weighted by Gasteiger charge is -2.23. The SMILES string of the molecule is C=CC(=C\c1c(C)c(C)c(-c2ccc(C3=CC=CC(/C(N)=C/C=C\C)N3)cc2C=C)n1-c1cccc2ccccc12)/C(/C=C\C)=C/N. The number of rotatable bonds is 10. The third kappa shape index (κ3) is 6.49. The standard InChI is InChI=1S/C43H44N4/c1-7-11-20-38(45)40-22-15-21-39(46-40)34-24-25-37(32(10-4)26-34)43-30(6)29(5)42(27-31(9-3)35(28-44)16-8-2)47(43)41-23-14-18-33-17-12-13-19-36(33)41/h7-28,40,46H,3-4,44-45H2,1-2,5-6H3/b11-7-,16-8-,31-27+,35-28+,38-20-. The number of nitrogens with one attached hydrogen (secondary N) is 1. The predicted octanol–water partition coefficient (Wildman–Crippen LogP) is 9.83. The molecule has 0 saturated heterocycles. The van der Waals surface area contributed by atoms with E-state index in [1.165, 1.54) is 21.9 Å². The fraction of sp³-hybridized carbons (Fsp3) is 0.116. The molecule has 0 bridgehead atoms. The molecule has 1 aliphatic heterocycles. The molecule has 4 aromatic rings. The van der Waals surface area contributed by atoms with Crippen LogP contribution in [0.1, 0.15) is 41.8 Å². The van der Waals surface area contributed by atoms with Crippen LogP contribution in [0.25, 0.3) is 45.6 Å². The first-order chi connectivity index (χ1) is 22.9.